The molecule has 0 aliphatic rings. The summed E-state index contributed by atoms with van der Waals surface area (Å²) in [5, 5.41) is 2.72. The van der Waals surface area contributed by atoms with Crippen molar-refractivity contribution in [2.75, 3.05) is 20.3 Å². The van der Waals surface area contributed by atoms with Crippen molar-refractivity contribution >= 4 is 38.3 Å². The van der Waals surface area contributed by atoms with Gasteiger partial charge in [0.05, 0.1) is 11.6 Å². The minimum absolute atomic E-state index is 0.498. The number of fused-ring (bicyclic) bond motifs is 1. The minimum Gasteiger partial charge on any atom is -0.490 e. The standard InChI is InChI=1S/C13H12BrClO2/c1-16-6-7-17-12-5-2-9-8-10(14)3-4-11(9)13(12)15/h2-5,8H,6-7H2,1H3. The Morgan fingerprint density at radius 1 is 1.18 bits per heavy atom. The Kier molecular flexibility index (Phi) is 4.26. The quantitative estimate of drug-likeness (QED) is 0.784. The Labute approximate surface area is 114 Å². The third-order valence-electron chi connectivity index (χ3n) is 2.43. The average molecular weight is 316 g/mol. The van der Waals surface area contributed by atoms with Crippen molar-refractivity contribution < 1.29 is 9.47 Å². The summed E-state index contributed by atoms with van der Waals surface area (Å²) < 4.78 is 11.5. The van der Waals surface area contributed by atoms with E-state index in [4.69, 9.17) is 21.1 Å². The first-order valence-electron chi connectivity index (χ1n) is 5.22. The molecule has 2 nitrogen and oxygen atoms in total. The smallest absolute Gasteiger partial charge is 0.138 e. The van der Waals surface area contributed by atoms with E-state index in [0.717, 1.165) is 15.2 Å². The lowest BCUT2D eigenvalue weighted by atomic mass is 10.1. The maximum Gasteiger partial charge on any atom is 0.138 e. The van der Waals surface area contributed by atoms with Crippen LogP contribution < -0.4 is 4.74 Å². The van der Waals surface area contributed by atoms with Crippen molar-refractivity contribution in [2.45, 2.75) is 0 Å². The highest BCUT2D eigenvalue weighted by Crippen LogP contribution is 2.33. The summed E-state index contributed by atoms with van der Waals surface area (Å²) in [5.74, 6) is 0.693. The van der Waals surface area contributed by atoms with Crippen LogP contribution in [0.1, 0.15) is 0 Å². The van der Waals surface area contributed by atoms with Gasteiger partial charge >= 0.3 is 0 Å². The second-order valence-corrected chi connectivity index (χ2v) is 4.88. The number of halogens is 2. The molecule has 2 aromatic rings. The van der Waals surface area contributed by atoms with Gasteiger partial charge in [-0.1, -0.05) is 39.7 Å². The molecule has 17 heavy (non-hydrogen) atoms. The van der Waals surface area contributed by atoms with E-state index in [-0.39, 0.29) is 0 Å². The van der Waals surface area contributed by atoms with Crippen LogP contribution in [0.4, 0.5) is 0 Å². The monoisotopic (exact) mass is 314 g/mol. The molecule has 0 heterocycles. The van der Waals surface area contributed by atoms with Crippen LogP contribution in [0.5, 0.6) is 5.75 Å². The van der Waals surface area contributed by atoms with E-state index in [0.29, 0.717) is 24.0 Å². The predicted octanol–water partition coefficient (Wildman–Crippen LogP) is 4.28. The molecule has 0 aromatic heterocycles. The van der Waals surface area contributed by atoms with Gasteiger partial charge in [-0.2, -0.15) is 0 Å². The summed E-state index contributed by atoms with van der Waals surface area (Å²) in [4.78, 5) is 0. The fourth-order valence-corrected chi connectivity index (χ4v) is 2.26. The summed E-state index contributed by atoms with van der Waals surface area (Å²) in [6.07, 6.45) is 0. The lowest BCUT2D eigenvalue weighted by molar-refractivity contribution is 0.146. The summed E-state index contributed by atoms with van der Waals surface area (Å²) in [7, 11) is 1.64. The van der Waals surface area contributed by atoms with Gasteiger partial charge in [-0.15, -0.1) is 0 Å². The molecule has 0 saturated heterocycles. The molecule has 0 saturated carbocycles. The molecule has 0 aliphatic carbocycles. The zero-order valence-electron chi connectivity index (χ0n) is 9.37. The minimum atomic E-state index is 0.498. The van der Waals surface area contributed by atoms with E-state index in [1.165, 1.54) is 0 Å². The molecular weight excluding hydrogens is 303 g/mol. The van der Waals surface area contributed by atoms with Crippen LogP contribution in [0.3, 0.4) is 0 Å². The molecule has 0 bridgehead atoms. The first kappa shape index (κ1) is 12.7. The van der Waals surface area contributed by atoms with Crippen molar-refractivity contribution in [3.63, 3.8) is 0 Å². The van der Waals surface area contributed by atoms with E-state index in [9.17, 15) is 0 Å². The molecule has 0 aliphatic heterocycles. The van der Waals surface area contributed by atoms with Gasteiger partial charge in [0.25, 0.3) is 0 Å². The van der Waals surface area contributed by atoms with Gasteiger partial charge in [0.2, 0.25) is 0 Å². The first-order valence-corrected chi connectivity index (χ1v) is 6.39. The SMILES string of the molecule is COCCOc1ccc2cc(Br)ccc2c1Cl. The van der Waals surface area contributed by atoms with Gasteiger partial charge in [0.1, 0.15) is 12.4 Å². The molecule has 0 radical (unpaired) electrons. The molecule has 2 aromatic carbocycles. The Morgan fingerprint density at radius 3 is 2.76 bits per heavy atom. The average Bonchev–Trinajstić information content (AvgIpc) is 2.32. The lowest BCUT2D eigenvalue weighted by Gasteiger charge is -2.09. The second-order valence-electron chi connectivity index (χ2n) is 3.58. The van der Waals surface area contributed by atoms with Crippen molar-refractivity contribution in [3.05, 3.63) is 39.8 Å². The van der Waals surface area contributed by atoms with Gasteiger partial charge in [0, 0.05) is 17.0 Å². The van der Waals surface area contributed by atoms with Gasteiger partial charge in [-0.3, -0.25) is 0 Å². The van der Waals surface area contributed by atoms with Crippen molar-refractivity contribution in [3.8, 4) is 5.75 Å². The molecule has 0 fully saturated rings. The number of hydrogen-bond acceptors (Lipinski definition) is 2. The maximum absolute atomic E-state index is 6.29. The van der Waals surface area contributed by atoms with Gasteiger partial charge in [-0.05, 0) is 23.6 Å². The maximum atomic E-state index is 6.29. The molecule has 0 spiro atoms. The third-order valence-corrected chi connectivity index (χ3v) is 3.31. The van der Waals surface area contributed by atoms with Crippen LogP contribution in [0.15, 0.2) is 34.8 Å². The van der Waals surface area contributed by atoms with E-state index < -0.39 is 0 Å². The zero-order chi connectivity index (χ0) is 12.3. The highest BCUT2D eigenvalue weighted by atomic mass is 79.9. The second kappa shape index (κ2) is 5.71. The van der Waals surface area contributed by atoms with Crippen LogP contribution in [0, 0.1) is 0 Å². The Hall–Kier alpha value is -0.770. The summed E-state index contributed by atoms with van der Waals surface area (Å²) in [5.41, 5.74) is 0. The van der Waals surface area contributed by atoms with Gasteiger partial charge < -0.3 is 9.47 Å². The van der Waals surface area contributed by atoms with Crippen LogP contribution in [-0.2, 0) is 4.74 Å². The van der Waals surface area contributed by atoms with Crippen molar-refractivity contribution in [1.82, 2.24) is 0 Å². The third kappa shape index (κ3) is 2.92. The van der Waals surface area contributed by atoms with E-state index in [1.54, 1.807) is 7.11 Å². The fraction of sp³-hybridized carbons (Fsp3) is 0.231. The molecule has 0 amide bonds. The molecule has 0 atom stereocenters. The number of benzene rings is 2. The Morgan fingerprint density at radius 2 is 2.00 bits per heavy atom. The molecule has 0 unspecified atom stereocenters. The molecule has 4 heteroatoms. The van der Waals surface area contributed by atoms with Crippen LogP contribution >= 0.6 is 27.5 Å². The summed E-state index contributed by atoms with van der Waals surface area (Å²) in [6, 6.07) is 9.85. The molecule has 2 rings (SSSR count). The molecule has 0 N–H and O–H groups in total. The van der Waals surface area contributed by atoms with Crippen LogP contribution in [0.25, 0.3) is 10.8 Å². The van der Waals surface area contributed by atoms with E-state index in [1.807, 2.05) is 30.3 Å². The van der Waals surface area contributed by atoms with Crippen LogP contribution in [-0.4, -0.2) is 20.3 Å². The van der Waals surface area contributed by atoms with Gasteiger partial charge in [0.15, 0.2) is 0 Å². The normalized spacial score (nSPS) is 10.8. The zero-order valence-corrected chi connectivity index (χ0v) is 11.7. The highest BCUT2D eigenvalue weighted by Gasteiger charge is 2.06. The van der Waals surface area contributed by atoms with Crippen LogP contribution in [0.2, 0.25) is 5.02 Å². The van der Waals surface area contributed by atoms with Crippen molar-refractivity contribution in [2.24, 2.45) is 0 Å². The number of hydrogen-bond donors (Lipinski definition) is 0. The summed E-state index contributed by atoms with van der Waals surface area (Å²) in [6.45, 7) is 1.05. The molecule has 90 valence electrons. The highest BCUT2D eigenvalue weighted by molar-refractivity contribution is 9.10. The van der Waals surface area contributed by atoms with Crippen molar-refractivity contribution in [1.29, 1.82) is 0 Å². The Bertz CT molecular complexity index is 528. The number of ether oxygens (including phenoxy) is 2. The van der Waals surface area contributed by atoms with E-state index >= 15 is 0 Å². The largest absolute Gasteiger partial charge is 0.490 e. The molecular formula is C13H12BrClO2. The number of rotatable bonds is 4. The predicted molar refractivity (Wildman–Crippen MR) is 74.0 cm³/mol. The lowest BCUT2D eigenvalue weighted by Crippen LogP contribution is -2.04. The first-order chi connectivity index (χ1) is 8.22. The van der Waals surface area contributed by atoms with Gasteiger partial charge in [-0.25, -0.2) is 0 Å². The summed E-state index contributed by atoms with van der Waals surface area (Å²) >= 11 is 9.73. The van der Waals surface area contributed by atoms with E-state index in [2.05, 4.69) is 15.9 Å². The topological polar surface area (TPSA) is 18.5 Å². The number of methoxy groups -OCH3 is 1. The Balaban J connectivity index is 2.33. The fourth-order valence-electron chi connectivity index (χ4n) is 1.59.